The zero-order chi connectivity index (χ0) is 14.6. The second kappa shape index (κ2) is 6.70. The van der Waals surface area contributed by atoms with Crippen LogP contribution in [0.5, 0.6) is 0 Å². The van der Waals surface area contributed by atoms with Gasteiger partial charge < -0.3 is 5.32 Å². The summed E-state index contributed by atoms with van der Waals surface area (Å²) in [5, 5.41) is 3.03. The lowest BCUT2D eigenvalue weighted by molar-refractivity contribution is 0.424. The van der Waals surface area contributed by atoms with Crippen LogP contribution in [0, 0.1) is 5.92 Å². The Morgan fingerprint density at radius 2 is 2.00 bits per heavy atom. The number of benzene rings is 1. The van der Waals surface area contributed by atoms with Gasteiger partial charge in [0.2, 0.25) is 10.0 Å². The number of nitrogens with one attached hydrogen (secondary N) is 2. The van der Waals surface area contributed by atoms with Crippen LogP contribution >= 0.6 is 0 Å². The predicted octanol–water partition coefficient (Wildman–Crippen LogP) is 2.26. The van der Waals surface area contributed by atoms with Gasteiger partial charge in [0.25, 0.3) is 0 Å². The van der Waals surface area contributed by atoms with E-state index in [0.717, 1.165) is 18.4 Å². The third-order valence-corrected chi connectivity index (χ3v) is 5.59. The Hall–Kier alpha value is -0.910. The molecule has 0 saturated heterocycles. The molecule has 1 aliphatic rings. The molecular weight excluding hydrogens is 272 g/mol. The van der Waals surface area contributed by atoms with Crippen LogP contribution < -0.4 is 10.0 Å². The van der Waals surface area contributed by atoms with Gasteiger partial charge in [-0.1, -0.05) is 25.0 Å². The van der Waals surface area contributed by atoms with Crippen molar-refractivity contribution in [3.63, 3.8) is 0 Å². The quantitative estimate of drug-likeness (QED) is 0.846. The molecule has 1 aliphatic carbocycles. The highest BCUT2D eigenvalue weighted by Gasteiger charge is 2.26. The summed E-state index contributed by atoms with van der Waals surface area (Å²) in [7, 11) is -1.57. The summed E-state index contributed by atoms with van der Waals surface area (Å²) in [4.78, 5) is 0.357. The molecule has 1 fully saturated rings. The van der Waals surface area contributed by atoms with Crippen LogP contribution in [-0.4, -0.2) is 21.5 Å². The summed E-state index contributed by atoms with van der Waals surface area (Å²) in [6.07, 6.45) is 4.69. The SMILES string of the molecule is CNCc1cccc(S(=O)(=O)NC(C)C2CCCC2)c1. The van der Waals surface area contributed by atoms with Gasteiger partial charge in [-0.15, -0.1) is 0 Å². The maximum atomic E-state index is 12.4. The van der Waals surface area contributed by atoms with E-state index in [2.05, 4.69) is 10.0 Å². The van der Waals surface area contributed by atoms with Gasteiger partial charge in [0.05, 0.1) is 4.90 Å². The first-order valence-electron chi connectivity index (χ1n) is 7.29. The second-order valence-corrected chi connectivity index (χ2v) is 7.35. The Balaban J connectivity index is 2.10. The van der Waals surface area contributed by atoms with Crippen molar-refractivity contribution in [2.24, 2.45) is 5.92 Å². The van der Waals surface area contributed by atoms with E-state index >= 15 is 0 Å². The van der Waals surface area contributed by atoms with Crippen LogP contribution in [0.25, 0.3) is 0 Å². The zero-order valence-corrected chi connectivity index (χ0v) is 13.0. The first-order valence-corrected chi connectivity index (χ1v) is 8.77. The molecule has 0 aromatic heterocycles. The molecule has 4 nitrogen and oxygen atoms in total. The molecule has 1 aromatic rings. The maximum absolute atomic E-state index is 12.4. The van der Waals surface area contributed by atoms with Gasteiger partial charge in [0, 0.05) is 12.6 Å². The number of hydrogen-bond donors (Lipinski definition) is 2. The highest BCUT2D eigenvalue weighted by atomic mass is 32.2. The minimum atomic E-state index is -3.42. The molecular formula is C15H24N2O2S. The highest BCUT2D eigenvalue weighted by molar-refractivity contribution is 7.89. The van der Waals surface area contributed by atoms with E-state index < -0.39 is 10.0 Å². The molecule has 2 N–H and O–H groups in total. The predicted molar refractivity (Wildman–Crippen MR) is 80.9 cm³/mol. The van der Waals surface area contributed by atoms with Gasteiger partial charge >= 0.3 is 0 Å². The van der Waals surface area contributed by atoms with Gasteiger partial charge in [-0.25, -0.2) is 13.1 Å². The van der Waals surface area contributed by atoms with Crippen molar-refractivity contribution < 1.29 is 8.42 Å². The lowest BCUT2D eigenvalue weighted by atomic mass is 10.0. The molecule has 0 aliphatic heterocycles. The molecule has 2 rings (SSSR count). The first kappa shape index (κ1) is 15.5. The molecule has 112 valence electrons. The van der Waals surface area contributed by atoms with Crippen molar-refractivity contribution in [2.75, 3.05) is 7.05 Å². The first-order chi connectivity index (χ1) is 9.53. The molecule has 0 spiro atoms. The summed E-state index contributed by atoms with van der Waals surface area (Å²) < 4.78 is 27.7. The van der Waals surface area contributed by atoms with Crippen molar-refractivity contribution in [3.05, 3.63) is 29.8 Å². The van der Waals surface area contributed by atoms with Crippen molar-refractivity contribution in [1.82, 2.24) is 10.0 Å². The van der Waals surface area contributed by atoms with E-state index in [9.17, 15) is 8.42 Å². The smallest absolute Gasteiger partial charge is 0.240 e. The largest absolute Gasteiger partial charge is 0.316 e. The van der Waals surface area contributed by atoms with E-state index in [1.807, 2.05) is 20.0 Å². The molecule has 5 heteroatoms. The summed E-state index contributed by atoms with van der Waals surface area (Å²) in [6.45, 7) is 2.65. The van der Waals surface area contributed by atoms with Gasteiger partial charge in [-0.05, 0) is 50.4 Å². The minimum absolute atomic E-state index is 0.00968. The number of rotatable bonds is 6. The van der Waals surface area contributed by atoms with Crippen LogP contribution in [-0.2, 0) is 16.6 Å². The van der Waals surface area contributed by atoms with Gasteiger partial charge in [0.15, 0.2) is 0 Å². The number of hydrogen-bond acceptors (Lipinski definition) is 3. The van der Waals surface area contributed by atoms with Gasteiger partial charge in [-0.2, -0.15) is 0 Å². The van der Waals surface area contributed by atoms with E-state index in [-0.39, 0.29) is 6.04 Å². The molecule has 0 bridgehead atoms. The van der Waals surface area contributed by atoms with Crippen molar-refractivity contribution in [1.29, 1.82) is 0 Å². The molecule has 1 aromatic carbocycles. The van der Waals surface area contributed by atoms with Crippen LogP contribution in [0.2, 0.25) is 0 Å². The monoisotopic (exact) mass is 296 g/mol. The molecule has 0 amide bonds. The van der Waals surface area contributed by atoms with Crippen LogP contribution in [0.1, 0.15) is 38.2 Å². The fourth-order valence-corrected chi connectivity index (χ4v) is 4.28. The van der Waals surface area contributed by atoms with E-state index in [4.69, 9.17) is 0 Å². The number of sulfonamides is 1. The Labute approximate surface area is 122 Å². The van der Waals surface area contributed by atoms with E-state index in [0.29, 0.717) is 17.4 Å². The third kappa shape index (κ3) is 3.81. The average molecular weight is 296 g/mol. The third-order valence-electron chi connectivity index (χ3n) is 4.04. The molecule has 0 heterocycles. The fraction of sp³-hybridized carbons (Fsp3) is 0.600. The Morgan fingerprint density at radius 1 is 1.30 bits per heavy atom. The lowest BCUT2D eigenvalue weighted by Crippen LogP contribution is -2.37. The van der Waals surface area contributed by atoms with Crippen LogP contribution in [0.3, 0.4) is 0 Å². The molecule has 1 unspecified atom stereocenters. The summed E-state index contributed by atoms with van der Waals surface area (Å²) in [6, 6.07) is 7.12. The van der Waals surface area contributed by atoms with Gasteiger partial charge in [0.1, 0.15) is 0 Å². The normalized spacial score (nSPS) is 18.3. The second-order valence-electron chi connectivity index (χ2n) is 5.63. The Bertz CT molecular complexity index is 537. The van der Waals surface area contributed by atoms with E-state index in [1.165, 1.54) is 12.8 Å². The Kier molecular flexibility index (Phi) is 5.18. The summed E-state index contributed by atoms with van der Waals surface area (Å²) in [5.41, 5.74) is 0.976. The summed E-state index contributed by atoms with van der Waals surface area (Å²) in [5.74, 6) is 0.477. The zero-order valence-electron chi connectivity index (χ0n) is 12.2. The standard InChI is InChI=1S/C15H24N2O2S/c1-12(14-7-3-4-8-14)17-20(18,19)15-9-5-6-13(10-15)11-16-2/h5-6,9-10,12,14,16-17H,3-4,7-8,11H2,1-2H3. The van der Waals surface area contributed by atoms with Gasteiger partial charge in [-0.3, -0.25) is 0 Å². The van der Waals surface area contributed by atoms with Crippen molar-refractivity contribution in [3.8, 4) is 0 Å². The lowest BCUT2D eigenvalue weighted by Gasteiger charge is -2.20. The summed E-state index contributed by atoms with van der Waals surface area (Å²) >= 11 is 0. The van der Waals surface area contributed by atoms with Crippen LogP contribution in [0.4, 0.5) is 0 Å². The molecule has 1 atom stereocenters. The highest BCUT2D eigenvalue weighted by Crippen LogP contribution is 2.28. The Morgan fingerprint density at radius 3 is 2.65 bits per heavy atom. The van der Waals surface area contributed by atoms with E-state index in [1.54, 1.807) is 18.2 Å². The molecule has 0 radical (unpaired) electrons. The maximum Gasteiger partial charge on any atom is 0.240 e. The average Bonchev–Trinajstić information content (AvgIpc) is 2.93. The minimum Gasteiger partial charge on any atom is -0.316 e. The topological polar surface area (TPSA) is 58.2 Å². The van der Waals surface area contributed by atoms with Crippen molar-refractivity contribution in [2.45, 2.75) is 50.1 Å². The van der Waals surface area contributed by atoms with Crippen LogP contribution in [0.15, 0.2) is 29.2 Å². The molecule has 1 saturated carbocycles. The fourth-order valence-electron chi connectivity index (χ4n) is 2.89. The van der Waals surface area contributed by atoms with Crippen molar-refractivity contribution >= 4 is 10.0 Å². The molecule has 20 heavy (non-hydrogen) atoms.